The number of ether oxygens (including phenoxy) is 1. The highest BCUT2D eigenvalue weighted by Gasteiger charge is 2.06. The molecule has 98 valence electrons. The number of benzene rings is 1. The molecule has 6 nitrogen and oxygen atoms in total. The molecule has 0 aliphatic heterocycles. The summed E-state index contributed by atoms with van der Waals surface area (Å²) in [5, 5.41) is 5.07. The highest BCUT2D eigenvalue weighted by atomic mass is 16.5. The lowest BCUT2D eigenvalue weighted by Crippen LogP contribution is -2.39. The SMILES string of the molecule is COc1ccccc1CNC(=O)CNC(=O)CN. The van der Waals surface area contributed by atoms with Gasteiger partial charge in [-0.2, -0.15) is 0 Å². The van der Waals surface area contributed by atoms with Crippen molar-refractivity contribution in [2.45, 2.75) is 6.54 Å². The summed E-state index contributed by atoms with van der Waals surface area (Å²) in [6.07, 6.45) is 0. The third-order valence-electron chi connectivity index (χ3n) is 2.30. The van der Waals surface area contributed by atoms with Crippen LogP contribution >= 0.6 is 0 Å². The molecule has 0 aromatic heterocycles. The van der Waals surface area contributed by atoms with Crippen LogP contribution in [0.3, 0.4) is 0 Å². The van der Waals surface area contributed by atoms with Crippen molar-refractivity contribution in [3.05, 3.63) is 29.8 Å². The maximum Gasteiger partial charge on any atom is 0.239 e. The molecule has 18 heavy (non-hydrogen) atoms. The molecule has 4 N–H and O–H groups in total. The molecule has 1 aromatic rings. The van der Waals surface area contributed by atoms with Crippen LogP contribution in [0.2, 0.25) is 0 Å². The van der Waals surface area contributed by atoms with Gasteiger partial charge in [0.25, 0.3) is 0 Å². The average molecular weight is 251 g/mol. The van der Waals surface area contributed by atoms with Crippen molar-refractivity contribution in [1.82, 2.24) is 10.6 Å². The quantitative estimate of drug-likeness (QED) is 0.628. The summed E-state index contributed by atoms with van der Waals surface area (Å²) in [7, 11) is 1.57. The van der Waals surface area contributed by atoms with Crippen LogP contribution < -0.4 is 21.1 Å². The van der Waals surface area contributed by atoms with Crippen LogP contribution in [0.1, 0.15) is 5.56 Å². The van der Waals surface area contributed by atoms with E-state index >= 15 is 0 Å². The van der Waals surface area contributed by atoms with Gasteiger partial charge in [0.15, 0.2) is 0 Å². The topological polar surface area (TPSA) is 93.5 Å². The molecular weight excluding hydrogens is 234 g/mol. The van der Waals surface area contributed by atoms with E-state index in [-0.39, 0.29) is 24.9 Å². The zero-order chi connectivity index (χ0) is 13.4. The predicted octanol–water partition coefficient (Wildman–Crippen LogP) is -0.614. The molecule has 0 saturated heterocycles. The lowest BCUT2D eigenvalue weighted by molar-refractivity contribution is -0.125. The van der Waals surface area contributed by atoms with E-state index in [9.17, 15) is 9.59 Å². The maximum atomic E-state index is 11.4. The molecule has 0 bridgehead atoms. The lowest BCUT2D eigenvalue weighted by Gasteiger charge is -2.09. The standard InChI is InChI=1S/C12H17N3O3/c1-18-10-5-3-2-4-9(10)7-14-12(17)8-15-11(16)6-13/h2-5H,6-8,13H2,1H3,(H,14,17)(H,15,16). The van der Waals surface area contributed by atoms with Crippen molar-refractivity contribution in [3.63, 3.8) is 0 Å². The molecule has 0 atom stereocenters. The Morgan fingerprint density at radius 2 is 1.94 bits per heavy atom. The van der Waals surface area contributed by atoms with Crippen LogP contribution in [-0.2, 0) is 16.1 Å². The van der Waals surface area contributed by atoms with Gasteiger partial charge in [-0.25, -0.2) is 0 Å². The molecule has 1 aromatic carbocycles. The largest absolute Gasteiger partial charge is 0.496 e. The van der Waals surface area contributed by atoms with Crippen LogP contribution in [-0.4, -0.2) is 32.0 Å². The Labute approximate surface area is 105 Å². The van der Waals surface area contributed by atoms with E-state index in [0.717, 1.165) is 5.56 Å². The molecule has 0 aliphatic rings. The van der Waals surface area contributed by atoms with Gasteiger partial charge in [-0.3, -0.25) is 9.59 Å². The van der Waals surface area contributed by atoms with Gasteiger partial charge in [0.05, 0.1) is 20.2 Å². The van der Waals surface area contributed by atoms with E-state index < -0.39 is 0 Å². The van der Waals surface area contributed by atoms with Gasteiger partial charge in [-0.05, 0) is 6.07 Å². The number of methoxy groups -OCH3 is 1. The van der Waals surface area contributed by atoms with Crippen LogP contribution in [0.4, 0.5) is 0 Å². The normalized spacial score (nSPS) is 9.67. The average Bonchev–Trinajstić information content (AvgIpc) is 2.42. The number of hydrogen-bond donors (Lipinski definition) is 3. The van der Waals surface area contributed by atoms with Crippen molar-refractivity contribution in [3.8, 4) is 5.75 Å². The van der Waals surface area contributed by atoms with E-state index in [1.165, 1.54) is 0 Å². The maximum absolute atomic E-state index is 11.4. The Balaban J connectivity index is 2.40. The third-order valence-corrected chi connectivity index (χ3v) is 2.30. The van der Waals surface area contributed by atoms with Gasteiger partial charge >= 0.3 is 0 Å². The number of para-hydroxylation sites is 1. The van der Waals surface area contributed by atoms with Gasteiger partial charge in [0.1, 0.15) is 5.75 Å². The molecule has 0 fully saturated rings. The van der Waals surface area contributed by atoms with Crippen molar-refractivity contribution in [2.24, 2.45) is 5.73 Å². The van der Waals surface area contributed by atoms with E-state index in [2.05, 4.69) is 10.6 Å². The monoisotopic (exact) mass is 251 g/mol. The second kappa shape index (κ2) is 7.29. The van der Waals surface area contributed by atoms with Gasteiger partial charge < -0.3 is 21.1 Å². The zero-order valence-corrected chi connectivity index (χ0v) is 10.2. The number of carbonyl (C=O) groups excluding carboxylic acids is 2. The van der Waals surface area contributed by atoms with E-state index in [1.54, 1.807) is 7.11 Å². The highest BCUT2D eigenvalue weighted by molar-refractivity contribution is 5.85. The Hall–Kier alpha value is -2.08. The van der Waals surface area contributed by atoms with E-state index in [4.69, 9.17) is 10.5 Å². The van der Waals surface area contributed by atoms with Crippen LogP contribution in [0.25, 0.3) is 0 Å². The van der Waals surface area contributed by atoms with E-state index in [1.807, 2.05) is 24.3 Å². The summed E-state index contributed by atoms with van der Waals surface area (Å²) in [6.45, 7) is 0.145. The van der Waals surface area contributed by atoms with E-state index in [0.29, 0.717) is 12.3 Å². The molecule has 0 saturated carbocycles. The molecule has 1 rings (SSSR count). The Morgan fingerprint density at radius 3 is 2.61 bits per heavy atom. The second-order valence-electron chi connectivity index (χ2n) is 3.57. The third kappa shape index (κ3) is 4.42. The van der Waals surface area contributed by atoms with Crippen molar-refractivity contribution in [1.29, 1.82) is 0 Å². The van der Waals surface area contributed by atoms with Gasteiger partial charge in [0, 0.05) is 12.1 Å². The summed E-state index contributed by atoms with van der Waals surface area (Å²) in [6, 6.07) is 7.39. The van der Waals surface area contributed by atoms with Crippen molar-refractivity contribution < 1.29 is 14.3 Å². The summed E-state index contributed by atoms with van der Waals surface area (Å²) in [4.78, 5) is 22.3. The van der Waals surface area contributed by atoms with Gasteiger partial charge in [-0.15, -0.1) is 0 Å². The number of hydrogen-bond acceptors (Lipinski definition) is 4. The molecule has 0 radical (unpaired) electrons. The molecule has 0 heterocycles. The molecule has 0 unspecified atom stereocenters. The minimum absolute atomic E-state index is 0.0782. The Bertz CT molecular complexity index is 421. The fourth-order valence-electron chi connectivity index (χ4n) is 1.36. The summed E-state index contributed by atoms with van der Waals surface area (Å²) in [5.41, 5.74) is 5.97. The first kappa shape index (κ1) is 14.0. The summed E-state index contributed by atoms with van der Waals surface area (Å²) in [5.74, 6) is 0.0777. The smallest absolute Gasteiger partial charge is 0.239 e. The van der Waals surface area contributed by atoms with Crippen molar-refractivity contribution >= 4 is 11.8 Å². The minimum atomic E-state index is -0.359. The van der Waals surface area contributed by atoms with Gasteiger partial charge in [0.2, 0.25) is 11.8 Å². The number of rotatable bonds is 6. The number of nitrogens with two attached hydrogens (primary N) is 1. The summed E-state index contributed by atoms with van der Waals surface area (Å²) >= 11 is 0. The Morgan fingerprint density at radius 1 is 1.22 bits per heavy atom. The van der Waals surface area contributed by atoms with Crippen LogP contribution in [0, 0.1) is 0 Å². The molecule has 2 amide bonds. The molecule has 6 heteroatoms. The van der Waals surface area contributed by atoms with Gasteiger partial charge in [-0.1, -0.05) is 18.2 Å². The Kier molecular flexibility index (Phi) is 5.66. The second-order valence-corrected chi connectivity index (χ2v) is 3.57. The van der Waals surface area contributed by atoms with Crippen LogP contribution in [0.5, 0.6) is 5.75 Å². The minimum Gasteiger partial charge on any atom is -0.496 e. The van der Waals surface area contributed by atoms with Crippen LogP contribution in [0.15, 0.2) is 24.3 Å². The summed E-state index contributed by atoms with van der Waals surface area (Å²) < 4.78 is 5.16. The van der Waals surface area contributed by atoms with Crippen molar-refractivity contribution in [2.75, 3.05) is 20.2 Å². The first-order chi connectivity index (χ1) is 8.67. The molecule has 0 spiro atoms. The number of nitrogens with one attached hydrogen (secondary N) is 2. The fraction of sp³-hybridized carbons (Fsp3) is 0.333. The number of amides is 2. The fourth-order valence-corrected chi connectivity index (χ4v) is 1.36. The lowest BCUT2D eigenvalue weighted by atomic mass is 10.2. The zero-order valence-electron chi connectivity index (χ0n) is 10.2. The highest BCUT2D eigenvalue weighted by Crippen LogP contribution is 2.16. The first-order valence-corrected chi connectivity index (χ1v) is 5.52. The first-order valence-electron chi connectivity index (χ1n) is 5.52. The predicted molar refractivity (Wildman–Crippen MR) is 66.9 cm³/mol. The number of carbonyl (C=O) groups is 2. The molecular formula is C12H17N3O3. The molecule has 0 aliphatic carbocycles.